The highest BCUT2D eigenvalue weighted by molar-refractivity contribution is 7.98. The minimum atomic E-state index is -0.763. The van der Waals surface area contributed by atoms with Crippen LogP contribution in [0.1, 0.15) is 50.5 Å². The molecule has 1 aliphatic heterocycles. The van der Waals surface area contributed by atoms with E-state index in [0.717, 1.165) is 27.8 Å². The van der Waals surface area contributed by atoms with Gasteiger partial charge in [0.25, 0.3) is 0 Å². The number of aromatic nitrogens is 4. The molecule has 0 radical (unpaired) electrons. The molecule has 0 aliphatic carbocycles. The first-order valence-corrected chi connectivity index (χ1v) is 17.3. The van der Waals surface area contributed by atoms with E-state index in [4.69, 9.17) is 15.8 Å². The molecule has 244 valence electrons. The minimum Gasteiger partial charge on any atom is -0.361 e. The van der Waals surface area contributed by atoms with E-state index in [1.54, 1.807) is 21.3 Å². The highest BCUT2D eigenvalue weighted by atomic mass is 32.2. The Morgan fingerprint density at radius 2 is 1.80 bits per heavy atom. The number of hydrogen-bond acceptors (Lipinski definition) is 7. The number of fused-ring (bicyclic) bond motifs is 2. The van der Waals surface area contributed by atoms with Crippen molar-refractivity contribution in [2.75, 3.05) is 25.1 Å². The fraction of sp³-hybridized carbons (Fsp3) is 0.441. The third kappa shape index (κ3) is 7.97. The Kier molecular flexibility index (Phi) is 11.1. The molecule has 3 heterocycles. The molecule has 0 saturated carbocycles. The van der Waals surface area contributed by atoms with E-state index in [1.165, 1.54) is 0 Å². The van der Waals surface area contributed by atoms with Gasteiger partial charge in [-0.25, -0.2) is 9.67 Å². The van der Waals surface area contributed by atoms with Crippen LogP contribution < -0.4 is 16.4 Å². The van der Waals surface area contributed by atoms with E-state index < -0.39 is 18.1 Å². The number of aromatic amines is 1. The number of carbonyl (C=O) groups is 3. The van der Waals surface area contributed by atoms with Gasteiger partial charge in [0, 0.05) is 42.2 Å². The average molecular weight is 645 g/mol. The lowest BCUT2D eigenvalue weighted by Crippen LogP contribution is -2.50. The molecule has 1 aliphatic rings. The van der Waals surface area contributed by atoms with Gasteiger partial charge in [-0.1, -0.05) is 62.4 Å². The minimum absolute atomic E-state index is 0.0253. The Bertz CT molecular complexity index is 1640. The highest BCUT2D eigenvalue weighted by Crippen LogP contribution is 2.25. The van der Waals surface area contributed by atoms with Gasteiger partial charge in [-0.2, -0.15) is 16.9 Å². The van der Waals surface area contributed by atoms with E-state index in [0.29, 0.717) is 50.5 Å². The number of nitrogens with two attached hydrogens (primary N) is 1. The van der Waals surface area contributed by atoms with E-state index in [1.807, 2.05) is 80.9 Å². The number of para-hydroxylation sites is 1. The SMILES string of the molecule is CSCC[C@@H]1NC(=O)CCCN(C(=O)[C@H](N)Cc2c[nH]c3ccccc23)CCn2nc(-c3ccccc3)nc2C(C(C)C)NC1=O. The molecule has 3 amide bonds. The molecule has 12 heteroatoms. The molecule has 3 atom stereocenters. The van der Waals surface area contributed by atoms with Crippen molar-refractivity contribution in [2.45, 2.75) is 64.2 Å². The normalized spacial score (nSPS) is 18.9. The predicted octanol–water partition coefficient (Wildman–Crippen LogP) is 3.67. The first-order chi connectivity index (χ1) is 22.2. The first-order valence-electron chi connectivity index (χ1n) is 15.9. The fourth-order valence-electron chi connectivity index (χ4n) is 5.85. The van der Waals surface area contributed by atoms with Crippen LogP contribution in [-0.4, -0.2) is 79.6 Å². The summed E-state index contributed by atoms with van der Waals surface area (Å²) in [5.41, 5.74) is 9.40. The Balaban J connectivity index is 1.46. The van der Waals surface area contributed by atoms with Crippen molar-refractivity contribution >= 4 is 40.4 Å². The van der Waals surface area contributed by atoms with Gasteiger partial charge in [0.1, 0.15) is 6.04 Å². The monoisotopic (exact) mass is 644 g/mol. The Morgan fingerprint density at radius 3 is 2.57 bits per heavy atom. The van der Waals surface area contributed by atoms with Gasteiger partial charge >= 0.3 is 0 Å². The van der Waals surface area contributed by atoms with Crippen LogP contribution >= 0.6 is 11.8 Å². The summed E-state index contributed by atoms with van der Waals surface area (Å²) >= 11 is 1.62. The smallest absolute Gasteiger partial charge is 0.243 e. The van der Waals surface area contributed by atoms with Crippen molar-refractivity contribution in [3.63, 3.8) is 0 Å². The standard InChI is InChI=1S/C34H44N8O3S/c1-22(2)30-32-39-31(23-10-5-4-6-11-23)40-42(32)18-17-41(16-9-14-29(43)37-28(15-19-46-3)33(44)38-30)34(45)26(35)20-24-21-36-27-13-8-7-12-25(24)27/h4-8,10-13,21-22,26,28,30,36H,9,14-20,35H2,1-3H3,(H,37,43)(H,38,44)/t26-,28+,30?/m1/s1. The highest BCUT2D eigenvalue weighted by Gasteiger charge is 2.31. The molecule has 0 bridgehead atoms. The maximum absolute atomic E-state index is 13.9. The quantitative estimate of drug-likeness (QED) is 0.229. The molecule has 11 nitrogen and oxygen atoms in total. The summed E-state index contributed by atoms with van der Waals surface area (Å²) in [6.07, 6.45) is 5.38. The van der Waals surface area contributed by atoms with Gasteiger partial charge in [-0.3, -0.25) is 14.4 Å². The molecular weight excluding hydrogens is 600 g/mol. The molecule has 2 aromatic heterocycles. The molecular formula is C34H44N8O3S. The van der Waals surface area contributed by atoms with Crippen LogP contribution in [-0.2, 0) is 27.3 Å². The van der Waals surface area contributed by atoms with Crippen LogP contribution in [0.2, 0.25) is 0 Å². The van der Waals surface area contributed by atoms with Gasteiger partial charge in [0.15, 0.2) is 11.6 Å². The number of nitrogens with zero attached hydrogens (tertiary/aromatic N) is 4. The zero-order valence-corrected chi connectivity index (χ0v) is 27.6. The van der Waals surface area contributed by atoms with Crippen molar-refractivity contribution in [1.29, 1.82) is 0 Å². The summed E-state index contributed by atoms with van der Waals surface area (Å²) in [4.78, 5) is 50.5. The zero-order valence-electron chi connectivity index (χ0n) is 26.7. The first kappa shape index (κ1) is 33.2. The number of nitrogens with one attached hydrogen (secondary N) is 3. The lowest BCUT2D eigenvalue weighted by atomic mass is 10.0. The van der Waals surface area contributed by atoms with Crippen molar-refractivity contribution in [2.24, 2.45) is 11.7 Å². The summed E-state index contributed by atoms with van der Waals surface area (Å²) < 4.78 is 1.81. The topological polar surface area (TPSA) is 151 Å². The Labute approximate surface area is 274 Å². The summed E-state index contributed by atoms with van der Waals surface area (Å²) in [5, 5.41) is 12.0. The lowest BCUT2D eigenvalue weighted by Gasteiger charge is -2.29. The van der Waals surface area contributed by atoms with Crippen molar-refractivity contribution in [3.05, 3.63) is 72.2 Å². The van der Waals surface area contributed by atoms with E-state index in [2.05, 4.69) is 15.6 Å². The van der Waals surface area contributed by atoms with Gasteiger partial charge in [0.2, 0.25) is 17.7 Å². The largest absolute Gasteiger partial charge is 0.361 e. The van der Waals surface area contributed by atoms with Crippen molar-refractivity contribution in [1.82, 2.24) is 35.3 Å². The number of hydrogen-bond donors (Lipinski definition) is 4. The third-order valence-electron chi connectivity index (χ3n) is 8.39. The lowest BCUT2D eigenvalue weighted by molar-refractivity contribution is -0.133. The fourth-order valence-corrected chi connectivity index (χ4v) is 6.32. The molecule has 2 aromatic carbocycles. The van der Waals surface area contributed by atoms with Crippen molar-refractivity contribution < 1.29 is 14.4 Å². The average Bonchev–Trinajstić information content (AvgIpc) is 3.67. The third-order valence-corrected chi connectivity index (χ3v) is 9.04. The van der Waals surface area contributed by atoms with Crippen LogP contribution in [0.4, 0.5) is 0 Å². The van der Waals surface area contributed by atoms with Gasteiger partial charge in [0.05, 0.1) is 18.6 Å². The summed E-state index contributed by atoms with van der Waals surface area (Å²) in [6, 6.07) is 15.7. The second-order valence-corrected chi connectivity index (χ2v) is 13.1. The van der Waals surface area contributed by atoms with Crippen LogP contribution in [0.15, 0.2) is 60.8 Å². The van der Waals surface area contributed by atoms with E-state index in [9.17, 15) is 14.4 Å². The molecule has 4 aromatic rings. The Morgan fingerprint density at radius 1 is 1.04 bits per heavy atom. The van der Waals surface area contributed by atoms with Crippen LogP contribution in [0.25, 0.3) is 22.3 Å². The molecule has 5 N–H and O–H groups in total. The summed E-state index contributed by atoms with van der Waals surface area (Å²) in [7, 11) is 0. The van der Waals surface area contributed by atoms with E-state index >= 15 is 0 Å². The number of rotatable bonds is 8. The molecule has 0 spiro atoms. The van der Waals surface area contributed by atoms with E-state index in [-0.39, 0.29) is 30.1 Å². The zero-order chi connectivity index (χ0) is 32.6. The number of carbonyl (C=O) groups excluding carboxylic acids is 3. The molecule has 1 unspecified atom stereocenters. The predicted molar refractivity (Wildman–Crippen MR) is 182 cm³/mol. The van der Waals surface area contributed by atoms with Crippen LogP contribution in [0.3, 0.4) is 0 Å². The summed E-state index contributed by atoms with van der Waals surface area (Å²) in [5.74, 6) is 1.19. The maximum Gasteiger partial charge on any atom is 0.243 e. The second-order valence-electron chi connectivity index (χ2n) is 12.1. The van der Waals surface area contributed by atoms with Crippen LogP contribution in [0.5, 0.6) is 0 Å². The molecule has 0 fully saturated rings. The number of amides is 3. The molecule has 46 heavy (non-hydrogen) atoms. The number of H-pyrrole nitrogens is 1. The number of benzene rings is 2. The summed E-state index contributed by atoms with van der Waals surface area (Å²) in [6.45, 7) is 5.05. The molecule has 0 saturated heterocycles. The van der Waals surface area contributed by atoms with Gasteiger partial charge in [-0.05, 0) is 48.8 Å². The number of thioether (sulfide) groups is 1. The van der Waals surface area contributed by atoms with Gasteiger partial charge in [-0.15, -0.1) is 0 Å². The van der Waals surface area contributed by atoms with Crippen molar-refractivity contribution in [3.8, 4) is 11.4 Å². The maximum atomic E-state index is 13.9. The Hall–Kier alpha value is -4.16. The van der Waals surface area contributed by atoms with Gasteiger partial charge < -0.3 is 26.3 Å². The second kappa shape index (κ2) is 15.4. The molecule has 5 rings (SSSR count). The van der Waals surface area contributed by atoms with Crippen LogP contribution in [0, 0.1) is 5.92 Å².